The van der Waals surface area contributed by atoms with Crippen LogP contribution in [0, 0.1) is 13.8 Å². The van der Waals surface area contributed by atoms with Gasteiger partial charge in [-0.3, -0.25) is 0 Å². The molecule has 1 N–H and O–H groups in total. The highest BCUT2D eigenvalue weighted by molar-refractivity contribution is 5.54. The second-order valence-corrected chi connectivity index (χ2v) is 5.16. The number of benzene rings is 2. The summed E-state index contributed by atoms with van der Waals surface area (Å²) in [5.41, 5.74) is 4.92. The van der Waals surface area contributed by atoms with Gasteiger partial charge < -0.3 is 10.1 Å². The van der Waals surface area contributed by atoms with Gasteiger partial charge >= 0.3 is 0 Å². The maximum atomic E-state index is 5.71. The lowest BCUT2D eigenvalue weighted by Crippen LogP contribution is -2.09. The highest BCUT2D eigenvalue weighted by Crippen LogP contribution is 2.29. The van der Waals surface area contributed by atoms with Crippen LogP contribution in [0.3, 0.4) is 0 Å². The van der Waals surface area contributed by atoms with Crippen molar-refractivity contribution in [3.8, 4) is 5.75 Å². The molecule has 2 nitrogen and oxygen atoms in total. The van der Waals surface area contributed by atoms with Crippen LogP contribution >= 0.6 is 0 Å². The smallest absolute Gasteiger partial charge is 0.124 e. The van der Waals surface area contributed by atoms with E-state index < -0.39 is 0 Å². The summed E-state index contributed by atoms with van der Waals surface area (Å²) in [6, 6.07) is 14.9. The van der Waals surface area contributed by atoms with Gasteiger partial charge in [-0.2, -0.15) is 0 Å². The fourth-order valence-corrected chi connectivity index (χ4v) is 2.41. The molecule has 1 unspecified atom stereocenters. The first-order chi connectivity index (χ1) is 9.61. The number of para-hydroxylation sites is 1. The van der Waals surface area contributed by atoms with Crippen LogP contribution in [0.25, 0.3) is 0 Å². The van der Waals surface area contributed by atoms with E-state index in [1.54, 1.807) is 0 Å². The van der Waals surface area contributed by atoms with Crippen molar-refractivity contribution in [1.29, 1.82) is 0 Å². The lowest BCUT2D eigenvalue weighted by Gasteiger charge is -2.20. The van der Waals surface area contributed by atoms with Crippen LogP contribution in [0.1, 0.15) is 36.6 Å². The van der Waals surface area contributed by atoms with Crippen molar-refractivity contribution >= 4 is 5.69 Å². The SMILES string of the molecule is CCOc1ccccc1C(C)Nc1ccc(C)cc1C. The zero-order valence-corrected chi connectivity index (χ0v) is 12.7. The molecular weight excluding hydrogens is 246 g/mol. The van der Waals surface area contributed by atoms with Gasteiger partial charge in [-0.1, -0.05) is 35.9 Å². The van der Waals surface area contributed by atoms with Crippen LogP contribution in [0.2, 0.25) is 0 Å². The zero-order chi connectivity index (χ0) is 14.5. The van der Waals surface area contributed by atoms with Gasteiger partial charge in [0.2, 0.25) is 0 Å². The second kappa shape index (κ2) is 6.47. The summed E-state index contributed by atoms with van der Waals surface area (Å²) in [5, 5.41) is 3.57. The molecule has 0 amide bonds. The van der Waals surface area contributed by atoms with Crippen molar-refractivity contribution in [2.45, 2.75) is 33.7 Å². The summed E-state index contributed by atoms with van der Waals surface area (Å²) < 4.78 is 5.71. The van der Waals surface area contributed by atoms with Crippen LogP contribution in [-0.2, 0) is 0 Å². The van der Waals surface area contributed by atoms with Gasteiger partial charge in [0.1, 0.15) is 5.75 Å². The van der Waals surface area contributed by atoms with Gasteiger partial charge in [-0.15, -0.1) is 0 Å². The van der Waals surface area contributed by atoms with Crippen LogP contribution in [-0.4, -0.2) is 6.61 Å². The van der Waals surface area contributed by atoms with Gasteiger partial charge in [0, 0.05) is 11.3 Å². The van der Waals surface area contributed by atoms with Crippen molar-refractivity contribution in [3.63, 3.8) is 0 Å². The molecule has 0 aliphatic rings. The third kappa shape index (κ3) is 3.32. The number of hydrogen-bond donors (Lipinski definition) is 1. The van der Waals surface area contributed by atoms with Gasteiger partial charge in [0.25, 0.3) is 0 Å². The van der Waals surface area contributed by atoms with Gasteiger partial charge in [0.15, 0.2) is 0 Å². The van der Waals surface area contributed by atoms with E-state index in [0.717, 1.165) is 5.75 Å². The molecule has 0 heterocycles. The minimum Gasteiger partial charge on any atom is -0.494 e. The predicted octanol–water partition coefficient (Wildman–Crippen LogP) is 4.88. The maximum absolute atomic E-state index is 5.71. The first-order valence-corrected chi connectivity index (χ1v) is 7.17. The number of hydrogen-bond acceptors (Lipinski definition) is 2. The molecule has 0 aliphatic carbocycles. The molecule has 0 aromatic heterocycles. The molecule has 1 atom stereocenters. The topological polar surface area (TPSA) is 21.3 Å². The Morgan fingerprint density at radius 1 is 1.10 bits per heavy atom. The van der Waals surface area contributed by atoms with Crippen LogP contribution in [0.4, 0.5) is 5.69 Å². The zero-order valence-electron chi connectivity index (χ0n) is 12.7. The van der Waals surface area contributed by atoms with Gasteiger partial charge in [0.05, 0.1) is 12.6 Å². The third-order valence-corrected chi connectivity index (χ3v) is 3.44. The Morgan fingerprint density at radius 2 is 1.85 bits per heavy atom. The monoisotopic (exact) mass is 269 g/mol. The molecule has 0 saturated heterocycles. The molecule has 0 bridgehead atoms. The lowest BCUT2D eigenvalue weighted by atomic mass is 10.1. The summed E-state index contributed by atoms with van der Waals surface area (Å²) in [6.45, 7) is 9.12. The molecular formula is C18H23NO. The van der Waals surface area contributed by atoms with Crippen LogP contribution in [0.5, 0.6) is 5.75 Å². The second-order valence-electron chi connectivity index (χ2n) is 5.16. The van der Waals surface area contributed by atoms with Crippen molar-refractivity contribution in [2.24, 2.45) is 0 Å². The van der Waals surface area contributed by atoms with Gasteiger partial charge in [-0.05, 0) is 45.4 Å². The summed E-state index contributed by atoms with van der Waals surface area (Å²) in [6.07, 6.45) is 0. The molecule has 0 saturated carbocycles. The lowest BCUT2D eigenvalue weighted by molar-refractivity contribution is 0.335. The van der Waals surface area contributed by atoms with E-state index in [0.29, 0.717) is 6.61 Å². The van der Waals surface area contributed by atoms with Crippen molar-refractivity contribution < 1.29 is 4.74 Å². The molecule has 2 rings (SSSR count). The molecule has 2 heteroatoms. The Kier molecular flexibility index (Phi) is 4.67. The van der Waals surface area contributed by atoms with E-state index in [4.69, 9.17) is 4.74 Å². The van der Waals surface area contributed by atoms with E-state index >= 15 is 0 Å². The molecule has 0 spiro atoms. The number of anilines is 1. The first-order valence-electron chi connectivity index (χ1n) is 7.17. The first kappa shape index (κ1) is 14.4. The molecule has 2 aromatic carbocycles. The van der Waals surface area contributed by atoms with E-state index in [1.807, 2.05) is 19.1 Å². The van der Waals surface area contributed by atoms with Crippen molar-refractivity contribution in [3.05, 3.63) is 59.2 Å². The van der Waals surface area contributed by atoms with E-state index in [2.05, 4.69) is 56.4 Å². The minimum atomic E-state index is 0.208. The highest BCUT2D eigenvalue weighted by Gasteiger charge is 2.11. The fourth-order valence-electron chi connectivity index (χ4n) is 2.41. The molecule has 20 heavy (non-hydrogen) atoms. The summed E-state index contributed by atoms with van der Waals surface area (Å²) in [5.74, 6) is 0.958. The van der Waals surface area contributed by atoms with E-state index in [-0.39, 0.29) is 6.04 Å². The molecule has 0 radical (unpaired) electrons. The Hall–Kier alpha value is -1.96. The van der Waals surface area contributed by atoms with E-state index in [1.165, 1.54) is 22.4 Å². The van der Waals surface area contributed by atoms with Gasteiger partial charge in [-0.25, -0.2) is 0 Å². The summed E-state index contributed by atoms with van der Waals surface area (Å²) in [7, 11) is 0. The Morgan fingerprint density at radius 3 is 2.55 bits per heavy atom. The largest absolute Gasteiger partial charge is 0.494 e. The summed E-state index contributed by atoms with van der Waals surface area (Å²) in [4.78, 5) is 0. The Labute approximate surface area is 121 Å². The normalized spacial score (nSPS) is 12.0. The Bertz CT molecular complexity index is 577. The van der Waals surface area contributed by atoms with Crippen LogP contribution < -0.4 is 10.1 Å². The highest BCUT2D eigenvalue weighted by atomic mass is 16.5. The average Bonchev–Trinajstić information content (AvgIpc) is 2.43. The maximum Gasteiger partial charge on any atom is 0.124 e. The number of ether oxygens (including phenoxy) is 1. The fraction of sp³-hybridized carbons (Fsp3) is 0.333. The third-order valence-electron chi connectivity index (χ3n) is 3.44. The van der Waals surface area contributed by atoms with Crippen molar-refractivity contribution in [1.82, 2.24) is 0 Å². The minimum absolute atomic E-state index is 0.208. The number of aryl methyl sites for hydroxylation is 2. The summed E-state index contributed by atoms with van der Waals surface area (Å²) >= 11 is 0. The Balaban J connectivity index is 2.21. The number of nitrogens with one attached hydrogen (secondary N) is 1. The molecule has 0 fully saturated rings. The molecule has 0 aliphatic heterocycles. The van der Waals surface area contributed by atoms with E-state index in [9.17, 15) is 0 Å². The average molecular weight is 269 g/mol. The predicted molar refractivity (Wildman–Crippen MR) is 85.6 cm³/mol. The van der Waals surface area contributed by atoms with Crippen LogP contribution in [0.15, 0.2) is 42.5 Å². The quantitative estimate of drug-likeness (QED) is 0.835. The van der Waals surface area contributed by atoms with Crippen molar-refractivity contribution in [2.75, 3.05) is 11.9 Å². The number of rotatable bonds is 5. The molecule has 2 aromatic rings. The molecule has 106 valence electrons. The standard InChI is InChI=1S/C18H23NO/c1-5-20-18-9-7-6-8-16(18)15(4)19-17-11-10-13(2)12-14(17)3/h6-12,15,19H,5H2,1-4H3.